The average Bonchev–Trinajstić information content (AvgIpc) is 3.35. The molecule has 1 aliphatic heterocycles. The molecular formula is C26H14O3S2. The molecule has 6 rings (SSSR count). The predicted molar refractivity (Wildman–Crippen MR) is 127 cm³/mol. The van der Waals surface area contributed by atoms with E-state index in [0.29, 0.717) is 11.3 Å². The molecule has 5 aromatic rings. The summed E-state index contributed by atoms with van der Waals surface area (Å²) in [5.74, 6) is -0.571. The van der Waals surface area contributed by atoms with Crippen molar-refractivity contribution in [3.05, 3.63) is 94.9 Å². The Balaban J connectivity index is 1.38. The molecule has 0 N–H and O–H groups in total. The highest BCUT2D eigenvalue weighted by Gasteiger charge is 2.31. The predicted octanol–water partition coefficient (Wildman–Crippen LogP) is 6.97. The molecule has 3 nitrogen and oxygen atoms in total. The third kappa shape index (κ3) is 3.10. The minimum Gasteiger partial charge on any atom is -0.422 e. The minimum absolute atomic E-state index is 0.0694. The van der Waals surface area contributed by atoms with E-state index in [-0.39, 0.29) is 11.4 Å². The number of Topliss-reactive ketones (excluding diaryl/α,β-unsaturated/α-hetero) is 1. The van der Waals surface area contributed by atoms with Crippen LogP contribution in [0.4, 0.5) is 0 Å². The van der Waals surface area contributed by atoms with Crippen molar-refractivity contribution in [1.29, 1.82) is 0 Å². The molecule has 0 unspecified atom stereocenters. The van der Waals surface area contributed by atoms with Gasteiger partial charge in [0.05, 0.1) is 5.56 Å². The maximum absolute atomic E-state index is 13.1. The number of ketones is 1. The van der Waals surface area contributed by atoms with E-state index in [1.807, 2.05) is 48.5 Å². The molecule has 0 aliphatic carbocycles. The van der Waals surface area contributed by atoms with Crippen molar-refractivity contribution in [2.45, 2.75) is 0 Å². The van der Waals surface area contributed by atoms with Gasteiger partial charge in [-0.2, -0.15) is 0 Å². The van der Waals surface area contributed by atoms with Gasteiger partial charge < -0.3 is 4.74 Å². The van der Waals surface area contributed by atoms with Crippen molar-refractivity contribution >= 4 is 60.7 Å². The number of esters is 1. The van der Waals surface area contributed by atoms with Gasteiger partial charge in [0, 0.05) is 19.2 Å². The summed E-state index contributed by atoms with van der Waals surface area (Å²) in [4.78, 5) is 27.8. The molecule has 0 amide bonds. The molecule has 0 bridgehead atoms. The van der Waals surface area contributed by atoms with Gasteiger partial charge in [-0.1, -0.05) is 54.6 Å². The first-order valence-corrected chi connectivity index (χ1v) is 11.4. The number of fused-ring (bicyclic) bond motifs is 3. The van der Waals surface area contributed by atoms with Crippen molar-refractivity contribution in [1.82, 2.24) is 0 Å². The van der Waals surface area contributed by atoms with Gasteiger partial charge in [-0.05, 0) is 46.7 Å². The average molecular weight is 439 g/mol. The zero-order valence-electron chi connectivity index (χ0n) is 16.1. The van der Waals surface area contributed by atoms with Gasteiger partial charge >= 0.3 is 5.97 Å². The van der Waals surface area contributed by atoms with Crippen molar-refractivity contribution in [2.75, 3.05) is 0 Å². The molecule has 0 saturated heterocycles. The zero-order chi connectivity index (χ0) is 20.9. The van der Waals surface area contributed by atoms with E-state index >= 15 is 0 Å². The van der Waals surface area contributed by atoms with Crippen LogP contribution in [-0.4, -0.2) is 11.8 Å². The van der Waals surface area contributed by atoms with Crippen LogP contribution in [0, 0.1) is 0 Å². The Morgan fingerprint density at radius 3 is 2.23 bits per heavy atom. The van der Waals surface area contributed by atoms with Crippen LogP contribution in [0.3, 0.4) is 0 Å². The van der Waals surface area contributed by atoms with Crippen LogP contribution in [0.2, 0.25) is 0 Å². The smallest absolute Gasteiger partial charge is 0.347 e. The van der Waals surface area contributed by atoms with Crippen LogP contribution in [0.25, 0.3) is 36.7 Å². The Kier molecular flexibility index (Phi) is 4.13. The summed E-state index contributed by atoms with van der Waals surface area (Å²) in [6.07, 6.45) is 1.66. The molecule has 2 aromatic heterocycles. The van der Waals surface area contributed by atoms with E-state index in [0.717, 1.165) is 25.0 Å². The van der Waals surface area contributed by atoms with Gasteiger partial charge in [-0.15, -0.1) is 22.7 Å². The fourth-order valence-electron chi connectivity index (χ4n) is 3.81. The molecule has 5 heteroatoms. The molecule has 148 valence electrons. The van der Waals surface area contributed by atoms with Gasteiger partial charge in [0.1, 0.15) is 11.3 Å². The third-order valence-corrected chi connectivity index (χ3v) is 7.62. The maximum atomic E-state index is 13.1. The van der Waals surface area contributed by atoms with Crippen molar-refractivity contribution in [3.63, 3.8) is 0 Å². The number of ether oxygens (including phenoxy) is 1. The van der Waals surface area contributed by atoms with Crippen LogP contribution in [-0.2, 0) is 4.79 Å². The zero-order valence-corrected chi connectivity index (χ0v) is 17.8. The molecule has 0 fully saturated rings. The van der Waals surface area contributed by atoms with E-state index in [4.69, 9.17) is 4.74 Å². The monoisotopic (exact) mass is 438 g/mol. The highest BCUT2D eigenvalue weighted by Crippen LogP contribution is 2.40. The summed E-state index contributed by atoms with van der Waals surface area (Å²) in [7, 11) is 0. The topological polar surface area (TPSA) is 43.4 Å². The van der Waals surface area contributed by atoms with Gasteiger partial charge in [0.2, 0.25) is 5.78 Å². The molecule has 0 radical (unpaired) electrons. The lowest BCUT2D eigenvalue weighted by Crippen LogP contribution is -2.25. The summed E-state index contributed by atoms with van der Waals surface area (Å²) >= 11 is 3.27. The minimum atomic E-state index is -0.602. The summed E-state index contributed by atoms with van der Waals surface area (Å²) < 4.78 is 7.78. The first-order valence-electron chi connectivity index (χ1n) is 9.76. The standard InChI is InChI=1S/C26H14O3S2/c27-25-19-10-16-8-4-5-9-17(16)11-21(19)29-26(28)20(25)12-18-13-23-24(30-18)14-22(31-23)15-6-2-1-3-7-15/h1-14H/b20-12-. The Morgan fingerprint density at radius 1 is 0.742 bits per heavy atom. The molecule has 3 heterocycles. The van der Waals surface area contributed by atoms with Crippen molar-refractivity contribution < 1.29 is 14.3 Å². The summed E-state index contributed by atoms with van der Waals surface area (Å²) in [6, 6.07) is 25.7. The number of hydrogen-bond donors (Lipinski definition) is 0. The maximum Gasteiger partial charge on any atom is 0.347 e. The Bertz CT molecular complexity index is 1510. The van der Waals surface area contributed by atoms with E-state index in [2.05, 4.69) is 18.2 Å². The molecule has 1 aliphatic rings. The first kappa shape index (κ1) is 18.2. The van der Waals surface area contributed by atoms with Gasteiger partial charge in [0.25, 0.3) is 0 Å². The van der Waals surface area contributed by atoms with Gasteiger partial charge in [0.15, 0.2) is 0 Å². The van der Waals surface area contributed by atoms with Crippen LogP contribution in [0.15, 0.2) is 84.4 Å². The molecule has 0 spiro atoms. The SMILES string of the molecule is O=C1Oc2cc3ccccc3cc2C(=O)/C1=C/c1cc2sc(-c3ccccc3)cc2s1. The number of hydrogen-bond acceptors (Lipinski definition) is 5. The normalized spacial score (nSPS) is 14.9. The number of carbonyl (C=O) groups is 2. The molecule has 31 heavy (non-hydrogen) atoms. The lowest BCUT2D eigenvalue weighted by Gasteiger charge is -2.17. The fraction of sp³-hybridized carbons (Fsp3) is 0. The van der Waals surface area contributed by atoms with Gasteiger partial charge in [-0.25, -0.2) is 4.79 Å². The van der Waals surface area contributed by atoms with Gasteiger partial charge in [-0.3, -0.25) is 4.79 Å². The van der Waals surface area contributed by atoms with E-state index in [1.165, 1.54) is 10.4 Å². The largest absolute Gasteiger partial charge is 0.422 e. The Morgan fingerprint density at radius 2 is 1.45 bits per heavy atom. The fourth-order valence-corrected chi connectivity index (χ4v) is 6.17. The number of rotatable bonds is 2. The number of thiophene rings is 2. The quantitative estimate of drug-likeness (QED) is 0.129. The van der Waals surface area contributed by atoms with Crippen molar-refractivity contribution in [3.8, 4) is 16.2 Å². The molecular weight excluding hydrogens is 424 g/mol. The summed E-state index contributed by atoms with van der Waals surface area (Å²) in [5.41, 5.74) is 1.68. The number of benzene rings is 3. The van der Waals surface area contributed by atoms with Crippen LogP contribution in [0.1, 0.15) is 15.2 Å². The van der Waals surface area contributed by atoms with Crippen LogP contribution in [0.5, 0.6) is 5.75 Å². The third-order valence-electron chi connectivity index (χ3n) is 5.33. The molecule has 0 saturated carbocycles. The Hall–Kier alpha value is -3.54. The summed E-state index contributed by atoms with van der Waals surface area (Å²) in [6.45, 7) is 0. The Labute approximate surface area is 185 Å². The lowest BCUT2D eigenvalue weighted by molar-refractivity contribution is -0.130. The molecule has 0 atom stereocenters. The van der Waals surface area contributed by atoms with E-state index < -0.39 is 5.97 Å². The highest BCUT2D eigenvalue weighted by molar-refractivity contribution is 7.29. The van der Waals surface area contributed by atoms with E-state index in [1.54, 1.807) is 40.9 Å². The van der Waals surface area contributed by atoms with Crippen LogP contribution < -0.4 is 4.74 Å². The lowest BCUT2D eigenvalue weighted by atomic mass is 9.96. The van der Waals surface area contributed by atoms with Crippen molar-refractivity contribution in [2.24, 2.45) is 0 Å². The van der Waals surface area contributed by atoms with Crippen LogP contribution >= 0.6 is 22.7 Å². The summed E-state index contributed by atoms with van der Waals surface area (Å²) in [5, 5.41) is 1.87. The van der Waals surface area contributed by atoms with E-state index in [9.17, 15) is 9.59 Å². The second-order valence-corrected chi connectivity index (χ2v) is 9.53. The number of carbonyl (C=O) groups excluding carboxylic acids is 2. The second kappa shape index (κ2) is 7.01. The first-order chi connectivity index (χ1) is 15.2. The second-order valence-electron chi connectivity index (χ2n) is 7.33. The highest BCUT2D eigenvalue weighted by atomic mass is 32.1. The molecule has 3 aromatic carbocycles.